The van der Waals surface area contributed by atoms with E-state index in [1.807, 2.05) is 5.32 Å². The van der Waals surface area contributed by atoms with Crippen molar-refractivity contribution in [2.75, 3.05) is 12.3 Å². The van der Waals surface area contributed by atoms with E-state index in [4.69, 9.17) is 22.1 Å². The average Bonchev–Trinajstić information content (AvgIpc) is 2.38. The van der Waals surface area contributed by atoms with Gasteiger partial charge in [0.15, 0.2) is 6.10 Å². The Kier molecular flexibility index (Phi) is 5.98. The largest absolute Gasteiger partial charge is 0.449 e. The first-order valence-corrected chi connectivity index (χ1v) is 6.57. The van der Waals surface area contributed by atoms with Gasteiger partial charge in [0.05, 0.1) is 10.6 Å². The smallest absolute Gasteiger partial charge is 0.340 e. The third kappa shape index (κ3) is 4.96. The van der Waals surface area contributed by atoms with Crippen molar-refractivity contribution in [1.29, 1.82) is 0 Å². The van der Waals surface area contributed by atoms with Crippen LogP contribution in [0.25, 0.3) is 0 Å². The van der Waals surface area contributed by atoms with Gasteiger partial charge in [0, 0.05) is 12.2 Å². The van der Waals surface area contributed by atoms with Gasteiger partial charge >= 0.3 is 12.0 Å². The Hall–Kier alpha value is -2.28. The van der Waals surface area contributed by atoms with Gasteiger partial charge in [0.1, 0.15) is 0 Å². The van der Waals surface area contributed by atoms with Crippen molar-refractivity contribution in [3.63, 3.8) is 0 Å². The third-order valence-corrected chi connectivity index (χ3v) is 2.75. The Morgan fingerprint density at radius 3 is 2.62 bits per heavy atom. The van der Waals surface area contributed by atoms with E-state index in [-0.39, 0.29) is 10.6 Å². The lowest BCUT2D eigenvalue weighted by atomic mass is 10.2. The van der Waals surface area contributed by atoms with Gasteiger partial charge in [-0.15, -0.1) is 0 Å². The molecule has 0 aliphatic rings. The predicted octanol–water partition coefficient (Wildman–Crippen LogP) is 1.31. The molecule has 1 aromatic rings. The number of benzene rings is 1. The van der Waals surface area contributed by atoms with E-state index in [1.165, 1.54) is 25.1 Å². The molecule has 8 heteroatoms. The molecule has 0 heterocycles. The van der Waals surface area contributed by atoms with E-state index >= 15 is 0 Å². The minimum Gasteiger partial charge on any atom is -0.449 e. The number of nitrogens with two attached hydrogens (primary N) is 1. The van der Waals surface area contributed by atoms with Crippen molar-refractivity contribution in [2.45, 2.75) is 20.0 Å². The number of amides is 3. The SMILES string of the molecule is CCNC(=O)NC(=O)C(C)OC(=O)c1ccc(N)cc1Cl. The first-order valence-electron chi connectivity index (χ1n) is 6.19. The fourth-order valence-corrected chi connectivity index (χ4v) is 1.66. The van der Waals surface area contributed by atoms with Gasteiger partial charge in [-0.3, -0.25) is 10.1 Å². The maximum atomic E-state index is 11.9. The summed E-state index contributed by atoms with van der Waals surface area (Å²) in [4.78, 5) is 34.7. The number of urea groups is 1. The van der Waals surface area contributed by atoms with Crippen molar-refractivity contribution in [3.8, 4) is 0 Å². The Bertz CT molecular complexity index is 562. The number of nitrogens with one attached hydrogen (secondary N) is 2. The molecule has 0 fully saturated rings. The Balaban J connectivity index is 2.65. The third-order valence-electron chi connectivity index (χ3n) is 2.44. The van der Waals surface area contributed by atoms with E-state index in [1.54, 1.807) is 6.92 Å². The normalized spacial score (nSPS) is 11.4. The summed E-state index contributed by atoms with van der Waals surface area (Å²) in [5.74, 6) is -1.51. The number of esters is 1. The Morgan fingerprint density at radius 2 is 2.05 bits per heavy atom. The molecule has 1 rings (SSSR count). The fraction of sp³-hybridized carbons (Fsp3) is 0.308. The summed E-state index contributed by atoms with van der Waals surface area (Å²) < 4.78 is 4.94. The van der Waals surface area contributed by atoms with Crippen LogP contribution in [0.1, 0.15) is 24.2 Å². The number of halogens is 1. The van der Waals surface area contributed by atoms with E-state index in [9.17, 15) is 14.4 Å². The second-order valence-electron chi connectivity index (χ2n) is 4.14. The standard InChI is InChI=1S/C13H16ClN3O4/c1-3-16-13(20)17-11(18)7(2)21-12(19)9-5-4-8(15)6-10(9)14/h4-7H,3,15H2,1-2H3,(H2,16,17,18,20). The van der Waals surface area contributed by atoms with Crippen LogP contribution in [-0.2, 0) is 9.53 Å². The summed E-state index contributed by atoms with van der Waals surface area (Å²) in [6, 6.07) is 3.63. The highest BCUT2D eigenvalue weighted by molar-refractivity contribution is 6.33. The molecule has 0 saturated carbocycles. The molecule has 3 amide bonds. The topological polar surface area (TPSA) is 111 Å². The number of rotatable bonds is 4. The maximum absolute atomic E-state index is 11.9. The molecule has 1 aromatic carbocycles. The second-order valence-corrected chi connectivity index (χ2v) is 4.54. The summed E-state index contributed by atoms with van der Waals surface area (Å²) in [6.45, 7) is 3.42. The molecule has 0 radical (unpaired) electrons. The zero-order valence-corrected chi connectivity index (χ0v) is 12.4. The summed E-state index contributed by atoms with van der Waals surface area (Å²) in [6.07, 6.45) is -1.14. The molecule has 0 aliphatic heterocycles. The van der Waals surface area contributed by atoms with Crippen molar-refractivity contribution in [1.82, 2.24) is 10.6 Å². The first-order chi connectivity index (χ1) is 9.85. The van der Waals surface area contributed by atoms with Crippen LogP contribution in [0, 0.1) is 0 Å². The van der Waals surface area contributed by atoms with Crippen LogP contribution >= 0.6 is 11.6 Å². The van der Waals surface area contributed by atoms with Crippen LogP contribution in [-0.4, -0.2) is 30.6 Å². The van der Waals surface area contributed by atoms with Crippen molar-refractivity contribution < 1.29 is 19.1 Å². The number of ether oxygens (including phenoxy) is 1. The molecule has 4 N–H and O–H groups in total. The van der Waals surface area contributed by atoms with E-state index in [0.29, 0.717) is 12.2 Å². The average molecular weight is 314 g/mol. The molecule has 21 heavy (non-hydrogen) atoms. The van der Waals surface area contributed by atoms with Gasteiger partial charge in [-0.05, 0) is 32.0 Å². The number of imide groups is 1. The van der Waals surface area contributed by atoms with Crippen LogP contribution in [0.4, 0.5) is 10.5 Å². The lowest BCUT2D eigenvalue weighted by Gasteiger charge is -2.13. The van der Waals surface area contributed by atoms with Crippen LogP contribution in [0.15, 0.2) is 18.2 Å². The van der Waals surface area contributed by atoms with E-state index in [0.717, 1.165) is 0 Å². The molecular formula is C13H16ClN3O4. The fourth-order valence-electron chi connectivity index (χ4n) is 1.39. The van der Waals surface area contributed by atoms with E-state index in [2.05, 4.69) is 5.32 Å². The highest BCUT2D eigenvalue weighted by atomic mass is 35.5. The highest BCUT2D eigenvalue weighted by Gasteiger charge is 2.21. The molecule has 114 valence electrons. The van der Waals surface area contributed by atoms with Crippen LogP contribution in [0.3, 0.4) is 0 Å². The van der Waals surface area contributed by atoms with Gasteiger partial charge in [-0.1, -0.05) is 11.6 Å². The van der Waals surface area contributed by atoms with Crippen molar-refractivity contribution in [3.05, 3.63) is 28.8 Å². The van der Waals surface area contributed by atoms with Crippen molar-refractivity contribution >= 4 is 35.2 Å². The number of carbonyl (C=O) groups is 3. The summed E-state index contributed by atoms with van der Waals surface area (Å²) in [7, 11) is 0. The molecule has 7 nitrogen and oxygen atoms in total. The lowest BCUT2D eigenvalue weighted by Crippen LogP contribution is -2.44. The number of hydrogen-bond donors (Lipinski definition) is 3. The molecule has 0 spiro atoms. The monoisotopic (exact) mass is 313 g/mol. The Morgan fingerprint density at radius 1 is 1.38 bits per heavy atom. The van der Waals surface area contributed by atoms with Crippen LogP contribution in [0.2, 0.25) is 5.02 Å². The van der Waals surface area contributed by atoms with E-state index < -0.39 is 24.0 Å². The molecule has 0 aromatic heterocycles. The second kappa shape index (κ2) is 7.49. The van der Waals surface area contributed by atoms with Crippen LogP contribution in [0.5, 0.6) is 0 Å². The number of nitrogen functional groups attached to an aromatic ring is 1. The zero-order chi connectivity index (χ0) is 16.0. The van der Waals surface area contributed by atoms with Gasteiger partial charge in [0.2, 0.25) is 0 Å². The minimum absolute atomic E-state index is 0.0866. The van der Waals surface area contributed by atoms with Gasteiger partial charge < -0.3 is 15.8 Å². The van der Waals surface area contributed by atoms with Gasteiger partial charge in [0.25, 0.3) is 5.91 Å². The predicted molar refractivity (Wildman–Crippen MR) is 78.0 cm³/mol. The maximum Gasteiger partial charge on any atom is 0.340 e. The molecule has 0 bridgehead atoms. The summed E-state index contributed by atoms with van der Waals surface area (Å²) in [5, 5.41) is 4.55. The van der Waals surface area contributed by atoms with Crippen LogP contribution < -0.4 is 16.4 Å². The zero-order valence-electron chi connectivity index (χ0n) is 11.6. The number of hydrogen-bond acceptors (Lipinski definition) is 5. The lowest BCUT2D eigenvalue weighted by molar-refractivity contribution is -0.127. The minimum atomic E-state index is -1.14. The van der Waals surface area contributed by atoms with Gasteiger partial charge in [-0.25, -0.2) is 9.59 Å². The number of anilines is 1. The van der Waals surface area contributed by atoms with Crippen molar-refractivity contribution in [2.24, 2.45) is 0 Å². The number of carbonyl (C=O) groups excluding carboxylic acids is 3. The van der Waals surface area contributed by atoms with Gasteiger partial charge in [-0.2, -0.15) is 0 Å². The molecule has 1 atom stereocenters. The molecule has 0 aliphatic carbocycles. The summed E-state index contributed by atoms with van der Waals surface area (Å²) in [5.41, 5.74) is 6.00. The Labute approximate surface area is 126 Å². The molecular weight excluding hydrogens is 298 g/mol. The first kappa shape index (κ1) is 16.8. The quantitative estimate of drug-likeness (QED) is 0.573. The highest BCUT2D eigenvalue weighted by Crippen LogP contribution is 2.20. The summed E-state index contributed by atoms with van der Waals surface area (Å²) >= 11 is 5.87. The molecule has 0 saturated heterocycles. The molecule has 1 unspecified atom stereocenters.